The molecule has 3 aliphatic rings. The molecule has 3 heterocycles. The summed E-state index contributed by atoms with van der Waals surface area (Å²) in [5.74, 6) is 3.83. The Morgan fingerprint density at radius 2 is 1.94 bits per heavy atom. The maximum Gasteiger partial charge on any atom is 0.0114 e. The molecule has 3 aliphatic heterocycles. The van der Waals surface area contributed by atoms with Gasteiger partial charge in [-0.05, 0) is 62.5 Å². The zero-order valence-electron chi connectivity index (χ0n) is 11.7. The molecule has 0 aliphatic carbocycles. The van der Waals surface area contributed by atoms with Gasteiger partial charge in [0.2, 0.25) is 0 Å². The molecule has 3 fully saturated rings. The van der Waals surface area contributed by atoms with Gasteiger partial charge in [-0.25, -0.2) is 0 Å². The van der Waals surface area contributed by atoms with Gasteiger partial charge in [0.15, 0.2) is 0 Å². The predicted octanol–water partition coefficient (Wildman–Crippen LogP) is 2.73. The summed E-state index contributed by atoms with van der Waals surface area (Å²) in [6.45, 7) is 4.89. The van der Waals surface area contributed by atoms with E-state index in [1.54, 1.807) is 0 Å². The third-order valence-corrected chi connectivity index (χ3v) is 6.29. The molecule has 3 saturated heterocycles. The van der Waals surface area contributed by atoms with Crippen LogP contribution in [0.2, 0.25) is 0 Å². The van der Waals surface area contributed by atoms with Crippen molar-refractivity contribution >= 4 is 11.8 Å². The summed E-state index contributed by atoms with van der Waals surface area (Å²) in [5, 5.41) is 3.76. The van der Waals surface area contributed by atoms with E-state index in [0.29, 0.717) is 0 Å². The SMILES string of the molecule is CCCNC1CC2CCC(C1)N2CC1CCSC1. The fourth-order valence-electron chi connectivity index (χ4n) is 4.11. The molecule has 2 bridgehead atoms. The minimum absolute atomic E-state index is 0.816. The quantitative estimate of drug-likeness (QED) is 0.825. The third-order valence-electron chi connectivity index (χ3n) is 5.06. The van der Waals surface area contributed by atoms with Crippen LogP contribution in [0.1, 0.15) is 45.4 Å². The topological polar surface area (TPSA) is 15.3 Å². The first-order valence-corrected chi connectivity index (χ1v) is 9.09. The molecule has 3 rings (SSSR count). The van der Waals surface area contributed by atoms with Gasteiger partial charge in [-0.15, -0.1) is 0 Å². The Hall–Kier alpha value is 0.270. The highest BCUT2D eigenvalue weighted by Crippen LogP contribution is 2.37. The van der Waals surface area contributed by atoms with Crippen molar-refractivity contribution in [2.24, 2.45) is 5.92 Å². The highest BCUT2D eigenvalue weighted by Gasteiger charge is 2.41. The van der Waals surface area contributed by atoms with Crippen molar-refractivity contribution in [3.8, 4) is 0 Å². The molecule has 0 aromatic heterocycles. The second-order valence-electron chi connectivity index (χ2n) is 6.43. The van der Waals surface area contributed by atoms with E-state index in [1.807, 2.05) is 0 Å². The summed E-state index contributed by atoms with van der Waals surface area (Å²) >= 11 is 2.17. The van der Waals surface area contributed by atoms with Crippen LogP contribution >= 0.6 is 11.8 Å². The van der Waals surface area contributed by atoms with Crippen molar-refractivity contribution in [1.82, 2.24) is 10.2 Å². The second kappa shape index (κ2) is 6.15. The van der Waals surface area contributed by atoms with Gasteiger partial charge in [0.05, 0.1) is 0 Å². The lowest BCUT2D eigenvalue weighted by Crippen LogP contribution is -2.50. The van der Waals surface area contributed by atoms with Crippen LogP contribution in [-0.4, -0.2) is 47.6 Å². The van der Waals surface area contributed by atoms with Crippen LogP contribution in [0.5, 0.6) is 0 Å². The van der Waals surface area contributed by atoms with Crippen LogP contribution in [-0.2, 0) is 0 Å². The van der Waals surface area contributed by atoms with Crippen molar-refractivity contribution < 1.29 is 0 Å². The summed E-state index contributed by atoms with van der Waals surface area (Å²) in [7, 11) is 0. The molecule has 104 valence electrons. The first-order valence-electron chi connectivity index (χ1n) is 7.93. The number of nitrogens with zero attached hydrogens (tertiary/aromatic N) is 1. The van der Waals surface area contributed by atoms with Crippen molar-refractivity contribution in [2.75, 3.05) is 24.6 Å². The van der Waals surface area contributed by atoms with Gasteiger partial charge < -0.3 is 5.32 Å². The van der Waals surface area contributed by atoms with E-state index in [4.69, 9.17) is 0 Å². The zero-order chi connectivity index (χ0) is 12.4. The van der Waals surface area contributed by atoms with E-state index < -0.39 is 0 Å². The number of hydrogen-bond donors (Lipinski definition) is 1. The average molecular weight is 268 g/mol. The summed E-state index contributed by atoms with van der Waals surface area (Å²) < 4.78 is 0. The Kier molecular flexibility index (Phi) is 4.53. The normalized spacial score (nSPS) is 40.5. The largest absolute Gasteiger partial charge is 0.314 e. The molecule has 0 amide bonds. The highest BCUT2D eigenvalue weighted by molar-refractivity contribution is 7.99. The number of nitrogens with one attached hydrogen (secondary N) is 1. The Balaban J connectivity index is 1.52. The van der Waals surface area contributed by atoms with Gasteiger partial charge in [0.1, 0.15) is 0 Å². The first kappa shape index (κ1) is 13.3. The molecule has 1 N–H and O–H groups in total. The third kappa shape index (κ3) is 2.88. The first-order chi connectivity index (χ1) is 8.86. The Labute approximate surface area is 116 Å². The molecular formula is C15H28N2S. The molecular weight excluding hydrogens is 240 g/mol. The molecule has 2 nitrogen and oxygen atoms in total. The molecule has 3 heteroatoms. The van der Waals surface area contributed by atoms with Gasteiger partial charge in [-0.3, -0.25) is 4.90 Å². The van der Waals surface area contributed by atoms with E-state index in [1.165, 1.54) is 63.1 Å². The standard InChI is InChI=1S/C15H28N2S/c1-2-6-16-13-8-14-3-4-15(9-13)17(14)10-12-5-7-18-11-12/h12-16H,2-11H2,1H3. The van der Waals surface area contributed by atoms with Gasteiger partial charge in [0, 0.05) is 24.7 Å². The summed E-state index contributed by atoms with van der Waals surface area (Å²) in [5.41, 5.74) is 0. The van der Waals surface area contributed by atoms with Crippen molar-refractivity contribution in [1.29, 1.82) is 0 Å². The monoisotopic (exact) mass is 268 g/mol. The van der Waals surface area contributed by atoms with E-state index in [2.05, 4.69) is 28.9 Å². The lowest BCUT2D eigenvalue weighted by Gasteiger charge is -2.40. The molecule has 0 saturated carbocycles. The second-order valence-corrected chi connectivity index (χ2v) is 7.58. The molecule has 18 heavy (non-hydrogen) atoms. The fraction of sp³-hybridized carbons (Fsp3) is 1.00. The summed E-state index contributed by atoms with van der Waals surface area (Å²) in [4.78, 5) is 2.89. The van der Waals surface area contributed by atoms with Crippen LogP contribution < -0.4 is 5.32 Å². The van der Waals surface area contributed by atoms with Crippen molar-refractivity contribution in [2.45, 2.75) is 63.6 Å². The van der Waals surface area contributed by atoms with Gasteiger partial charge >= 0.3 is 0 Å². The van der Waals surface area contributed by atoms with Crippen LogP contribution in [0.25, 0.3) is 0 Å². The summed E-state index contributed by atoms with van der Waals surface area (Å²) in [6.07, 6.45) is 8.50. The van der Waals surface area contributed by atoms with Crippen molar-refractivity contribution in [3.05, 3.63) is 0 Å². The van der Waals surface area contributed by atoms with Crippen LogP contribution in [0.3, 0.4) is 0 Å². The van der Waals surface area contributed by atoms with Crippen LogP contribution in [0, 0.1) is 5.92 Å². The van der Waals surface area contributed by atoms with Gasteiger partial charge in [0.25, 0.3) is 0 Å². The van der Waals surface area contributed by atoms with Gasteiger partial charge in [-0.1, -0.05) is 6.92 Å². The minimum Gasteiger partial charge on any atom is -0.314 e. The van der Waals surface area contributed by atoms with Crippen LogP contribution in [0.15, 0.2) is 0 Å². The molecule has 0 aromatic carbocycles. The van der Waals surface area contributed by atoms with E-state index >= 15 is 0 Å². The highest BCUT2D eigenvalue weighted by atomic mass is 32.2. The summed E-state index contributed by atoms with van der Waals surface area (Å²) in [6, 6.07) is 2.63. The number of fused-ring (bicyclic) bond motifs is 2. The molecule has 3 atom stereocenters. The number of hydrogen-bond acceptors (Lipinski definition) is 3. The van der Waals surface area contributed by atoms with E-state index in [-0.39, 0.29) is 0 Å². The molecule has 0 spiro atoms. The minimum atomic E-state index is 0.816. The van der Waals surface area contributed by atoms with E-state index in [0.717, 1.165) is 24.0 Å². The lowest BCUT2D eigenvalue weighted by atomic mass is 9.95. The Morgan fingerprint density at radius 1 is 1.17 bits per heavy atom. The number of thioether (sulfide) groups is 1. The maximum absolute atomic E-state index is 3.76. The molecule has 0 aromatic rings. The fourth-order valence-corrected chi connectivity index (χ4v) is 5.38. The lowest BCUT2D eigenvalue weighted by molar-refractivity contribution is 0.102. The maximum atomic E-state index is 3.76. The molecule has 0 radical (unpaired) electrons. The zero-order valence-corrected chi connectivity index (χ0v) is 12.6. The Bertz CT molecular complexity index is 251. The Morgan fingerprint density at radius 3 is 2.56 bits per heavy atom. The molecule has 3 unspecified atom stereocenters. The van der Waals surface area contributed by atoms with Gasteiger partial charge in [-0.2, -0.15) is 11.8 Å². The predicted molar refractivity (Wildman–Crippen MR) is 80.3 cm³/mol. The number of piperidine rings is 1. The number of rotatable bonds is 5. The van der Waals surface area contributed by atoms with E-state index in [9.17, 15) is 0 Å². The smallest absolute Gasteiger partial charge is 0.0114 e. The van der Waals surface area contributed by atoms with Crippen molar-refractivity contribution in [3.63, 3.8) is 0 Å². The van der Waals surface area contributed by atoms with Crippen LogP contribution in [0.4, 0.5) is 0 Å². The average Bonchev–Trinajstić information content (AvgIpc) is 2.95.